The van der Waals surface area contributed by atoms with Crippen molar-refractivity contribution in [1.29, 1.82) is 0 Å². The average molecular weight is 343 g/mol. The second kappa shape index (κ2) is 5.99. The van der Waals surface area contributed by atoms with Gasteiger partial charge < -0.3 is 10.1 Å². The standard InChI is InChI=1S/C12H9BrClN3O2/c1-19-7-2-3-9(13)10(4-7)17-12-8(5-18)11(14)15-6-16-12/h2-6H,1H3,(H,15,16,17). The number of carbonyl (C=O) groups excluding carboxylic acids is 1. The fraction of sp³-hybridized carbons (Fsp3) is 0.0833. The summed E-state index contributed by atoms with van der Waals surface area (Å²) in [6.45, 7) is 0. The number of benzene rings is 1. The summed E-state index contributed by atoms with van der Waals surface area (Å²) < 4.78 is 5.94. The Morgan fingerprint density at radius 2 is 2.21 bits per heavy atom. The first kappa shape index (κ1) is 13.8. The smallest absolute Gasteiger partial charge is 0.156 e. The van der Waals surface area contributed by atoms with Crippen LogP contribution in [0.3, 0.4) is 0 Å². The first-order chi connectivity index (χ1) is 9.15. The molecule has 1 heterocycles. The molecule has 2 rings (SSSR count). The van der Waals surface area contributed by atoms with Gasteiger partial charge in [-0.3, -0.25) is 4.79 Å². The Labute approximate surface area is 123 Å². The normalized spacial score (nSPS) is 10.1. The van der Waals surface area contributed by atoms with Crippen LogP contribution < -0.4 is 10.1 Å². The van der Waals surface area contributed by atoms with Crippen LogP contribution in [0.4, 0.5) is 11.5 Å². The largest absolute Gasteiger partial charge is 0.497 e. The third-order valence-corrected chi connectivity index (χ3v) is 3.37. The van der Waals surface area contributed by atoms with E-state index >= 15 is 0 Å². The number of methoxy groups -OCH3 is 1. The van der Waals surface area contributed by atoms with E-state index in [-0.39, 0.29) is 10.7 Å². The number of carbonyl (C=O) groups is 1. The van der Waals surface area contributed by atoms with Gasteiger partial charge in [0.2, 0.25) is 0 Å². The number of aldehydes is 1. The summed E-state index contributed by atoms with van der Waals surface area (Å²) in [6, 6.07) is 5.40. The van der Waals surface area contributed by atoms with Crippen molar-refractivity contribution in [2.75, 3.05) is 12.4 Å². The molecule has 2 aromatic rings. The molecule has 0 aliphatic carbocycles. The monoisotopic (exact) mass is 341 g/mol. The molecule has 1 aromatic heterocycles. The van der Waals surface area contributed by atoms with Crippen LogP contribution in [0, 0.1) is 0 Å². The van der Waals surface area contributed by atoms with Gasteiger partial charge in [0, 0.05) is 10.5 Å². The maximum absolute atomic E-state index is 11.0. The van der Waals surface area contributed by atoms with Crippen LogP contribution in [0.1, 0.15) is 10.4 Å². The number of ether oxygens (including phenoxy) is 1. The van der Waals surface area contributed by atoms with Gasteiger partial charge in [0.1, 0.15) is 23.0 Å². The molecule has 1 N–H and O–H groups in total. The van der Waals surface area contributed by atoms with Gasteiger partial charge >= 0.3 is 0 Å². The molecule has 0 fully saturated rings. The highest BCUT2D eigenvalue weighted by molar-refractivity contribution is 9.10. The molecule has 0 amide bonds. The van der Waals surface area contributed by atoms with Crippen molar-refractivity contribution in [3.63, 3.8) is 0 Å². The van der Waals surface area contributed by atoms with Crippen LogP contribution >= 0.6 is 27.5 Å². The summed E-state index contributed by atoms with van der Waals surface area (Å²) in [5.74, 6) is 1.02. The van der Waals surface area contributed by atoms with Crippen molar-refractivity contribution >= 4 is 45.3 Å². The molecule has 7 heteroatoms. The predicted molar refractivity (Wildman–Crippen MR) is 76.4 cm³/mol. The minimum Gasteiger partial charge on any atom is -0.497 e. The van der Waals surface area contributed by atoms with Gasteiger partial charge in [0.15, 0.2) is 6.29 Å². The maximum Gasteiger partial charge on any atom is 0.156 e. The van der Waals surface area contributed by atoms with Crippen molar-refractivity contribution in [3.05, 3.63) is 39.7 Å². The summed E-state index contributed by atoms with van der Waals surface area (Å²) in [7, 11) is 1.57. The molecule has 0 spiro atoms. The zero-order chi connectivity index (χ0) is 13.8. The van der Waals surface area contributed by atoms with Gasteiger partial charge in [-0.25, -0.2) is 9.97 Å². The molecular weight excluding hydrogens is 334 g/mol. The Bertz CT molecular complexity index is 622. The summed E-state index contributed by atoms with van der Waals surface area (Å²) in [4.78, 5) is 18.8. The van der Waals surface area contributed by atoms with Crippen molar-refractivity contribution in [2.24, 2.45) is 0 Å². The van der Waals surface area contributed by atoms with E-state index in [4.69, 9.17) is 16.3 Å². The highest BCUT2D eigenvalue weighted by Crippen LogP contribution is 2.30. The van der Waals surface area contributed by atoms with Crippen LogP contribution in [0.5, 0.6) is 5.75 Å². The van der Waals surface area contributed by atoms with Gasteiger partial charge in [-0.15, -0.1) is 0 Å². The van der Waals surface area contributed by atoms with Crippen molar-refractivity contribution in [3.8, 4) is 5.75 Å². The maximum atomic E-state index is 11.0. The fourth-order valence-electron chi connectivity index (χ4n) is 1.43. The van der Waals surface area contributed by atoms with E-state index in [1.54, 1.807) is 13.2 Å². The molecule has 0 bridgehead atoms. The predicted octanol–water partition coefficient (Wildman–Crippen LogP) is 3.46. The van der Waals surface area contributed by atoms with E-state index in [2.05, 4.69) is 31.2 Å². The van der Waals surface area contributed by atoms with Crippen LogP contribution in [0.25, 0.3) is 0 Å². The fourth-order valence-corrected chi connectivity index (χ4v) is 1.96. The number of rotatable bonds is 4. The first-order valence-corrected chi connectivity index (χ1v) is 6.39. The van der Waals surface area contributed by atoms with Gasteiger partial charge in [-0.2, -0.15) is 0 Å². The molecule has 5 nitrogen and oxygen atoms in total. The molecule has 0 unspecified atom stereocenters. The Morgan fingerprint density at radius 3 is 2.89 bits per heavy atom. The van der Waals surface area contributed by atoms with E-state index in [0.29, 0.717) is 23.5 Å². The third-order valence-electron chi connectivity index (χ3n) is 2.38. The van der Waals surface area contributed by atoms with Crippen molar-refractivity contribution < 1.29 is 9.53 Å². The SMILES string of the molecule is COc1ccc(Br)c(Nc2ncnc(Cl)c2C=O)c1. The number of halogens is 2. The third kappa shape index (κ3) is 3.02. The average Bonchev–Trinajstić information content (AvgIpc) is 2.41. The minimum atomic E-state index is 0.103. The number of hydrogen-bond acceptors (Lipinski definition) is 5. The zero-order valence-electron chi connectivity index (χ0n) is 9.85. The van der Waals surface area contributed by atoms with Crippen molar-refractivity contribution in [2.45, 2.75) is 0 Å². The summed E-state index contributed by atoms with van der Waals surface area (Å²) in [6.07, 6.45) is 1.89. The second-order valence-corrected chi connectivity index (χ2v) is 4.73. The minimum absolute atomic E-state index is 0.103. The van der Waals surface area contributed by atoms with E-state index in [9.17, 15) is 4.79 Å². The number of hydrogen-bond donors (Lipinski definition) is 1. The van der Waals surface area contributed by atoms with Gasteiger partial charge in [0.25, 0.3) is 0 Å². The van der Waals surface area contributed by atoms with Gasteiger partial charge in [-0.05, 0) is 28.1 Å². The molecular formula is C12H9BrClN3O2. The number of nitrogens with zero attached hydrogens (tertiary/aromatic N) is 2. The second-order valence-electron chi connectivity index (χ2n) is 3.52. The molecule has 0 radical (unpaired) electrons. The van der Waals surface area contributed by atoms with Crippen LogP contribution in [0.2, 0.25) is 5.15 Å². The lowest BCUT2D eigenvalue weighted by Gasteiger charge is -2.11. The van der Waals surface area contributed by atoms with Gasteiger partial charge in [-0.1, -0.05) is 11.6 Å². The van der Waals surface area contributed by atoms with Crippen LogP contribution in [-0.2, 0) is 0 Å². The van der Waals surface area contributed by atoms with Crippen molar-refractivity contribution in [1.82, 2.24) is 9.97 Å². The lowest BCUT2D eigenvalue weighted by atomic mass is 10.2. The Morgan fingerprint density at radius 1 is 1.42 bits per heavy atom. The lowest BCUT2D eigenvalue weighted by Crippen LogP contribution is -2.01. The van der Waals surface area contributed by atoms with E-state index in [0.717, 1.165) is 4.47 Å². The van der Waals surface area contributed by atoms with Gasteiger partial charge in [0.05, 0.1) is 18.4 Å². The highest BCUT2D eigenvalue weighted by atomic mass is 79.9. The molecule has 0 saturated carbocycles. The van der Waals surface area contributed by atoms with E-state index < -0.39 is 0 Å². The number of anilines is 2. The molecule has 0 saturated heterocycles. The number of nitrogens with one attached hydrogen (secondary N) is 1. The number of aromatic nitrogens is 2. The molecule has 19 heavy (non-hydrogen) atoms. The molecule has 1 aromatic carbocycles. The quantitative estimate of drug-likeness (QED) is 0.681. The summed E-state index contributed by atoms with van der Waals surface area (Å²) in [5.41, 5.74) is 0.913. The zero-order valence-corrected chi connectivity index (χ0v) is 12.2. The lowest BCUT2D eigenvalue weighted by molar-refractivity contribution is 0.112. The molecule has 0 aliphatic heterocycles. The van der Waals surface area contributed by atoms with E-state index in [1.165, 1.54) is 6.33 Å². The highest BCUT2D eigenvalue weighted by Gasteiger charge is 2.11. The van der Waals surface area contributed by atoms with Crippen LogP contribution in [-0.4, -0.2) is 23.4 Å². The topological polar surface area (TPSA) is 64.1 Å². The molecule has 0 atom stereocenters. The molecule has 98 valence electrons. The first-order valence-electron chi connectivity index (χ1n) is 5.22. The summed E-state index contributed by atoms with van der Waals surface area (Å²) >= 11 is 9.23. The van der Waals surface area contributed by atoms with E-state index in [1.807, 2.05) is 12.1 Å². The Hall–Kier alpha value is -1.66. The van der Waals surface area contributed by atoms with Crippen LogP contribution in [0.15, 0.2) is 29.0 Å². The molecule has 0 aliphatic rings. The Kier molecular flexibility index (Phi) is 4.34. The Balaban J connectivity index is 2.41. The summed E-state index contributed by atoms with van der Waals surface area (Å²) in [5, 5.41) is 3.12.